The van der Waals surface area contributed by atoms with Crippen LogP contribution >= 0.6 is 40.0 Å². The lowest BCUT2D eigenvalue weighted by Crippen LogP contribution is -2.33. The van der Waals surface area contributed by atoms with Crippen molar-refractivity contribution in [3.63, 3.8) is 0 Å². The van der Waals surface area contributed by atoms with E-state index in [1.165, 1.54) is 33.5 Å². The van der Waals surface area contributed by atoms with E-state index in [1.54, 1.807) is 0 Å². The highest BCUT2D eigenvalue weighted by Crippen LogP contribution is 2.34. The van der Waals surface area contributed by atoms with Gasteiger partial charge in [-0.25, -0.2) is 4.45 Å². The highest BCUT2D eigenvalue weighted by Gasteiger charge is 2.34. The summed E-state index contributed by atoms with van der Waals surface area (Å²) in [5.74, 6) is 0. The second-order valence-electron chi connectivity index (χ2n) is 7.06. The molecule has 2 aromatic heterocycles. The van der Waals surface area contributed by atoms with Crippen LogP contribution in [0.15, 0.2) is 35.3 Å². The third-order valence-electron chi connectivity index (χ3n) is 5.24. The van der Waals surface area contributed by atoms with Gasteiger partial charge in [0.1, 0.15) is 10.7 Å². The van der Waals surface area contributed by atoms with E-state index >= 15 is 0 Å². The number of halogens is 5. The van der Waals surface area contributed by atoms with Gasteiger partial charge < -0.3 is 4.90 Å². The van der Waals surface area contributed by atoms with Crippen molar-refractivity contribution in [2.45, 2.75) is 25.7 Å². The normalized spacial score (nSPS) is 14.2. The van der Waals surface area contributed by atoms with E-state index in [1.807, 2.05) is 26.9 Å². The average Bonchev–Trinajstić information content (AvgIpc) is 3.12. The van der Waals surface area contributed by atoms with E-state index in [-0.39, 0.29) is 35.7 Å². The quantitative estimate of drug-likeness (QED) is 0.250. The lowest BCUT2D eigenvalue weighted by atomic mass is 10.0. The molecule has 1 aromatic carbocycles. The highest BCUT2D eigenvalue weighted by atomic mass is 127. The summed E-state index contributed by atoms with van der Waals surface area (Å²) in [6.45, 7) is 0.567. The van der Waals surface area contributed by atoms with Gasteiger partial charge in [0, 0.05) is 30.8 Å². The van der Waals surface area contributed by atoms with Gasteiger partial charge >= 0.3 is 6.18 Å². The van der Waals surface area contributed by atoms with E-state index in [4.69, 9.17) is 11.6 Å². The van der Waals surface area contributed by atoms with Crippen molar-refractivity contribution in [3.8, 4) is 0 Å². The number of carbonyl (C=O) groups is 1. The molecule has 0 saturated heterocycles. The zero-order chi connectivity index (χ0) is 23.0. The van der Waals surface area contributed by atoms with Gasteiger partial charge in [-0.2, -0.15) is 23.4 Å². The van der Waals surface area contributed by atoms with Crippen LogP contribution in [0.5, 0.6) is 0 Å². The van der Waals surface area contributed by atoms with Crippen molar-refractivity contribution in [2.75, 3.05) is 11.4 Å². The predicted molar refractivity (Wildman–Crippen MR) is 124 cm³/mol. The van der Waals surface area contributed by atoms with Gasteiger partial charge in [-0.3, -0.25) is 14.3 Å². The highest BCUT2D eigenvalue weighted by molar-refractivity contribution is 14.2. The van der Waals surface area contributed by atoms with Crippen molar-refractivity contribution >= 4 is 52.0 Å². The summed E-state index contributed by atoms with van der Waals surface area (Å²) in [6, 6.07) is 5.31. The first-order valence-corrected chi connectivity index (χ1v) is 13.8. The number of nitrogens with zero attached hydrogens (tertiary/aromatic N) is 5. The Labute approximate surface area is 199 Å². The minimum Gasteiger partial charge on any atom is -0.364 e. The molecule has 0 N–H and O–H groups in total. The van der Waals surface area contributed by atoms with Gasteiger partial charge in [0.25, 0.3) is 5.56 Å². The predicted octanol–water partition coefficient (Wildman–Crippen LogP) is 4.33. The number of rotatable bonds is 5. The standard InChI is InChI=1S/C19H15ClF3IN5O2P/c20-17-16(7-25-29(32-24)18(17)31)27-6-5-15-12(9-27)14(10-30)26-28(15)8-11-3-1-2-4-13(11)19(21,22)23/h1-4,7,10,32H,5-6,8-9H2. The minimum absolute atomic E-state index is 0.0340. The molecule has 0 spiro atoms. The van der Waals surface area contributed by atoms with E-state index in [0.717, 1.165) is 6.07 Å². The Bertz CT molecular complexity index is 1250. The van der Waals surface area contributed by atoms with Crippen LogP contribution in [-0.4, -0.2) is 32.2 Å². The molecule has 168 valence electrons. The van der Waals surface area contributed by atoms with Gasteiger partial charge in [-0.1, -0.05) is 29.8 Å². The Morgan fingerprint density at radius 3 is 2.72 bits per heavy atom. The Balaban J connectivity index is 1.69. The SMILES string of the molecule is O=Cc1nn(Cc2ccccc2C(F)(F)F)c2c1CN(c1cnn(PI)c(=O)c1Cl)CC2. The summed E-state index contributed by atoms with van der Waals surface area (Å²) >= 11 is 8.30. The molecule has 0 radical (unpaired) electrons. The third kappa shape index (κ3) is 4.29. The molecule has 7 nitrogen and oxygen atoms in total. The Morgan fingerprint density at radius 2 is 2.03 bits per heavy atom. The zero-order valence-corrected chi connectivity index (χ0v) is 20.1. The summed E-state index contributed by atoms with van der Waals surface area (Å²) in [6.07, 6.45) is -1.88. The second-order valence-corrected chi connectivity index (χ2v) is 9.48. The van der Waals surface area contributed by atoms with Crippen LogP contribution in [0.25, 0.3) is 0 Å². The maximum atomic E-state index is 13.4. The van der Waals surface area contributed by atoms with Crippen LogP contribution in [-0.2, 0) is 25.7 Å². The fourth-order valence-corrected chi connectivity index (χ4v) is 5.39. The molecule has 0 aliphatic carbocycles. The van der Waals surface area contributed by atoms with E-state index in [0.29, 0.717) is 36.2 Å². The first-order valence-electron chi connectivity index (χ1n) is 9.33. The van der Waals surface area contributed by atoms with Crippen LogP contribution in [0.3, 0.4) is 0 Å². The first kappa shape index (κ1) is 23.2. The van der Waals surface area contributed by atoms with Gasteiger partial charge in [-0.15, -0.1) is 0 Å². The number of carbonyl (C=O) groups excluding carboxylic acids is 1. The number of aldehydes is 1. The van der Waals surface area contributed by atoms with Gasteiger partial charge in [0.05, 0.1) is 30.4 Å². The summed E-state index contributed by atoms with van der Waals surface area (Å²) in [5, 5.41) is 8.41. The van der Waals surface area contributed by atoms with E-state index in [2.05, 4.69) is 10.2 Å². The van der Waals surface area contributed by atoms with Crippen molar-refractivity contribution < 1.29 is 18.0 Å². The molecule has 1 aliphatic heterocycles. The van der Waals surface area contributed by atoms with Crippen LogP contribution in [0.1, 0.15) is 32.9 Å². The smallest absolute Gasteiger partial charge is 0.364 e. The maximum Gasteiger partial charge on any atom is 0.416 e. The molecule has 13 heteroatoms. The van der Waals surface area contributed by atoms with E-state index in [9.17, 15) is 22.8 Å². The summed E-state index contributed by atoms with van der Waals surface area (Å²) in [7, 11) is 0. The van der Waals surface area contributed by atoms with E-state index < -0.39 is 17.3 Å². The number of anilines is 1. The molecule has 1 unspecified atom stereocenters. The monoisotopic (exact) mass is 595 g/mol. The Hall–Kier alpha value is -1.98. The van der Waals surface area contributed by atoms with Crippen molar-refractivity contribution in [1.82, 2.24) is 19.3 Å². The molecule has 0 amide bonds. The van der Waals surface area contributed by atoms with Gasteiger partial charge in [0.2, 0.25) is 0 Å². The lowest BCUT2D eigenvalue weighted by molar-refractivity contribution is -0.138. The summed E-state index contributed by atoms with van der Waals surface area (Å²) < 4.78 is 42.9. The molecule has 32 heavy (non-hydrogen) atoms. The molecule has 0 bridgehead atoms. The molecular formula is C19H15ClF3IN5O2P. The zero-order valence-electron chi connectivity index (χ0n) is 16.2. The molecule has 3 heterocycles. The Morgan fingerprint density at radius 1 is 1.28 bits per heavy atom. The molecular weight excluding hydrogens is 581 g/mol. The van der Waals surface area contributed by atoms with Crippen molar-refractivity contribution in [1.29, 1.82) is 0 Å². The number of hydrogen-bond acceptors (Lipinski definition) is 5. The van der Waals surface area contributed by atoms with Crippen molar-refractivity contribution in [2.24, 2.45) is 0 Å². The van der Waals surface area contributed by atoms with Crippen LogP contribution in [0, 0.1) is 0 Å². The number of benzene rings is 1. The minimum atomic E-state index is -4.49. The van der Waals surface area contributed by atoms with Crippen molar-refractivity contribution in [3.05, 3.63) is 73.9 Å². The van der Waals surface area contributed by atoms with Gasteiger partial charge in [0.15, 0.2) is 6.29 Å². The molecule has 4 rings (SSSR count). The van der Waals surface area contributed by atoms with Crippen LogP contribution in [0.4, 0.5) is 18.9 Å². The average molecular weight is 596 g/mol. The summed E-state index contributed by atoms with van der Waals surface area (Å²) in [5.41, 5.74) is 0.820. The molecule has 1 aliphatic rings. The number of fused-ring (bicyclic) bond motifs is 1. The molecule has 0 fully saturated rings. The third-order valence-corrected chi connectivity index (χ3v) is 7.45. The maximum absolute atomic E-state index is 13.4. The fraction of sp³-hybridized carbons (Fsp3) is 0.263. The topological polar surface area (TPSA) is 73.0 Å². The number of hydrogen-bond donors (Lipinski definition) is 0. The molecule has 3 aromatic rings. The van der Waals surface area contributed by atoms with Gasteiger partial charge in [-0.05, 0) is 33.7 Å². The largest absolute Gasteiger partial charge is 0.416 e. The number of alkyl halides is 3. The Kier molecular flexibility index (Phi) is 6.60. The fourth-order valence-electron chi connectivity index (χ4n) is 3.75. The second kappa shape index (κ2) is 9.11. The van der Waals surface area contributed by atoms with Crippen LogP contribution in [0.2, 0.25) is 5.02 Å². The summed E-state index contributed by atoms with van der Waals surface area (Å²) in [4.78, 5) is 25.8. The molecule has 0 saturated carbocycles. The molecule has 1 atom stereocenters. The first-order chi connectivity index (χ1) is 15.2. The lowest BCUT2D eigenvalue weighted by Gasteiger charge is -2.30. The van der Waals surface area contributed by atoms with Crippen LogP contribution < -0.4 is 10.5 Å². The number of aromatic nitrogens is 4.